The highest BCUT2D eigenvalue weighted by Crippen LogP contribution is 2.67. The van der Waals surface area contributed by atoms with Crippen molar-refractivity contribution in [2.75, 3.05) is 6.61 Å². The van der Waals surface area contributed by atoms with Crippen molar-refractivity contribution in [1.29, 1.82) is 0 Å². The largest absolute Gasteiger partial charge is 0.463 e. The number of unbranched alkanes of at least 4 members (excludes halogenated alkanes) is 18. The Morgan fingerprint density at radius 1 is 0.719 bits per heavy atom. The van der Waals surface area contributed by atoms with Crippen molar-refractivity contribution < 1.29 is 34.3 Å². The molecule has 1 heterocycles. The molecule has 4 fully saturated rings. The molecule has 0 aromatic heterocycles. The predicted molar refractivity (Wildman–Crippen MR) is 263 cm³/mol. The van der Waals surface area contributed by atoms with Crippen LogP contribution in [0.25, 0.3) is 0 Å². The predicted octanol–water partition coefficient (Wildman–Crippen LogP) is 14.2. The van der Waals surface area contributed by atoms with Gasteiger partial charge >= 0.3 is 5.97 Å². The zero-order chi connectivity index (χ0) is 46.1. The highest BCUT2D eigenvalue weighted by atomic mass is 16.7. The summed E-state index contributed by atoms with van der Waals surface area (Å²) in [6.45, 7) is 17.1. The van der Waals surface area contributed by atoms with Gasteiger partial charge < -0.3 is 29.5 Å². The van der Waals surface area contributed by atoms with Gasteiger partial charge in [0.2, 0.25) is 0 Å². The third-order valence-corrected chi connectivity index (χ3v) is 18.7. The second-order valence-electron chi connectivity index (χ2n) is 23.3. The molecule has 1 aliphatic heterocycles. The molecule has 7 heteroatoms. The van der Waals surface area contributed by atoms with Gasteiger partial charge in [-0.2, -0.15) is 0 Å². The number of rotatable bonds is 30. The van der Waals surface area contributed by atoms with Crippen molar-refractivity contribution in [3.05, 3.63) is 11.6 Å². The molecule has 14 atom stereocenters. The highest BCUT2D eigenvalue weighted by Gasteiger charge is 2.59. The van der Waals surface area contributed by atoms with Gasteiger partial charge in [-0.15, -0.1) is 0 Å². The van der Waals surface area contributed by atoms with Crippen molar-refractivity contribution in [2.45, 2.75) is 284 Å². The second kappa shape index (κ2) is 27.3. The van der Waals surface area contributed by atoms with Gasteiger partial charge in [-0.3, -0.25) is 4.79 Å². The molecule has 7 nitrogen and oxygen atoms in total. The average molecular weight is 899 g/mol. The van der Waals surface area contributed by atoms with Crippen LogP contribution in [0.1, 0.15) is 248 Å². The van der Waals surface area contributed by atoms with E-state index in [4.69, 9.17) is 14.2 Å². The molecule has 5 aliphatic rings. The number of aliphatic hydroxyl groups excluding tert-OH is 3. The van der Waals surface area contributed by atoms with E-state index < -0.39 is 30.7 Å². The normalized spacial score (nSPS) is 34.8. The minimum absolute atomic E-state index is 0.140. The Morgan fingerprint density at radius 2 is 1.31 bits per heavy atom. The topological polar surface area (TPSA) is 105 Å². The standard InChI is InChI=1S/C57H102O7/c1-8-10-11-12-13-14-15-16-17-18-19-20-21-22-23-24-25-26-27-28-51(58)62-40-50-52(59)53(60)54(61)55(64-50)63-45-35-37-56(6)44(39-45)31-32-46-48-34-33-47(57(48,7)38-36-49(46)56)42(5)29-30-43(9-2)41(3)4/h31,41-43,45-50,52-55,59-61H,8-30,32-40H2,1-7H3. The summed E-state index contributed by atoms with van der Waals surface area (Å²) in [5.41, 5.74) is 2.13. The first kappa shape index (κ1) is 54.0. The molecule has 3 N–H and O–H groups in total. The number of allylic oxidation sites excluding steroid dienone is 1. The van der Waals surface area contributed by atoms with E-state index in [-0.39, 0.29) is 24.1 Å². The lowest BCUT2D eigenvalue weighted by Crippen LogP contribution is -2.60. The molecule has 0 amide bonds. The van der Waals surface area contributed by atoms with Gasteiger partial charge in [0.15, 0.2) is 6.29 Å². The first-order valence-electron chi connectivity index (χ1n) is 28.0. The maximum atomic E-state index is 12.7. The van der Waals surface area contributed by atoms with Gasteiger partial charge in [0.05, 0.1) is 6.10 Å². The van der Waals surface area contributed by atoms with Crippen LogP contribution in [-0.2, 0) is 19.0 Å². The van der Waals surface area contributed by atoms with Gasteiger partial charge in [0.25, 0.3) is 0 Å². The fraction of sp³-hybridized carbons (Fsp3) is 0.947. The Labute approximate surface area is 393 Å². The third-order valence-electron chi connectivity index (χ3n) is 18.7. The molecule has 0 aromatic carbocycles. The molecule has 0 radical (unpaired) electrons. The third kappa shape index (κ3) is 14.8. The number of carbonyl (C=O) groups is 1. The number of ether oxygens (including phenoxy) is 3. The van der Waals surface area contributed by atoms with Gasteiger partial charge in [-0.05, 0) is 116 Å². The van der Waals surface area contributed by atoms with Crippen LogP contribution in [0.3, 0.4) is 0 Å². The quantitative estimate of drug-likeness (QED) is 0.0375. The molecular weight excluding hydrogens is 797 g/mol. The highest BCUT2D eigenvalue weighted by molar-refractivity contribution is 5.69. The molecule has 0 bridgehead atoms. The number of esters is 1. The molecule has 0 spiro atoms. The van der Waals surface area contributed by atoms with Crippen molar-refractivity contribution in [3.8, 4) is 0 Å². The molecule has 4 aliphatic carbocycles. The summed E-state index contributed by atoms with van der Waals surface area (Å²) in [5.74, 6) is 5.24. The Kier molecular flexibility index (Phi) is 23.0. The van der Waals surface area contributed by atoms with Crippen LogP contribution in [0.4, 0.5) is 0 Å². The van der Waals surface area contributed by atoms with Crippen LogP contribution < -0.4 is 0 Å². The summed E-state index contributed by atoms with van der Waals surface area (Å²) >= 11 is 0. The van der Waals surface area contributed by atoms with Crippen molar-refractivity contribution in [1.82, 2.24) is 0 Å². The maximum Gasteiger partial charge on any atom is 0.305 e. The van der Waals surface area contributed by atoms with Gasteiger partial charge in [-0.25, -0.2) is 0 Å². The minimum atomic E-state index is -1.44. The number of fused-ring (bicyclic) bond motifs is 5. The number of hydrogen-bond acceptors (Lipinski definition) is 7. The second-order valence-corrected chi connectivity index (χ2v) is 23.3. The van der Waals surface area contributed by atoms with Crippen molar-refractivity contribution in [2.24, 2.45) is 52.3 Å². The monoisotopic (exact) mass is 899 g/mol. The van der Waals surface area contributed by atoms with Gasteiger partial charge in [0, 0.05) is 6.42 Å². The van der Waals surface area contributed by atoms with E-state index in [2.05, 4.69) is 54.5 Å². The fourth-order valence-electron chi connectivity index (χ4n) is 14.4. The molecule has 1 saturated heterocycles. The number of hydrogen-bond donors (Lipinski definition) is 3. The molecule has 64 heavy (non-hydrogen) atoms. The van der Waals surface area contributed by atoms with Crippen LogP contribution in [0.5, 0.6) is 0 Å². The molecule has 5 rings (SSSR count). The van der Waals surface area contributed by atoms with Crippen molar-refractivity contribution in [3.63, 3.8) is 0 Å². The molecule has 372 valence electrons. The molecular formula is C57H102O7. The van der Waals surface area contributed by atoms with E-state index in [1.807, 2.05) is 0 Å². The summed E-state index contributed by atoms with van der Waals surface area (Å²) in [7, 11) is 0. The average Bonchev–Trinajstić information content (AvgIpc) is 3.64. The number of aliphatic hydroxyl groups is 3. The first-order chi connectivity index (χ1) is 30.8. The summed E-state index contributed by atoms with van der Waals surface area (Å²) in [4.78, 5) is 12.7. The van der Waals surface area contributed by atoms with E-state index in [0.717, 1.165) is 80.5 Å². The minimum Gasteiger partial charge on any atom is -0.463 e. The Morgan fingerprint density at radius 3 is 1.89 bits per heavy atom. The van der Waals surface area contributed by atoms with E-state index in [1.165, 1.54) is 153 Å². The SMILES string of the molecule is CCCCCCCCCCCCCCCCCCCCCC(=O)OCC1OC(OC2CCC3(C)C(=CCC4C3CCC3(C)C(C(C)CCC(CC)C(C)C)CCC43)C2)C(O)C(O)C1O. The summed E-state index contributed by atoms with van der Waals surface area (Å²) in [5, 5.41) is 32.6. The Bertz CT molecular complexity index is 1350. The molecule has 14 unspecified atom stereocenters. The van der Waals surface area contributed by atoms with Gasteiger partial charge in [-0.1, -0.05) is 189 Å². The van der Waals surface area contributed by atoms with E-state index in [9.17, 15) is 20.1 Å². The lowest BCUT2D eigenvalue weighted by Gasteiger charge is -2.58. The van der Waals surface area contributed by atoms with Crippen LogP contribution in [0.15, 0.2) is 11.6 Å². The number of carbonyl (C=O) groups excluding carboxylic acids is 1. The first-order valence-corrected chi connectivity index (χ1v) is 28.0. The lowest BCUT2D eigenvalue weighted by atomic mass is 9.47. The smallest absolute Gasteiger partial charge is 0.305 e. The zero-order valence-electron chi connectivity index (χ0n) is 42.7. The van der Waals surface area contributed by atoms with Crippen LogP contribution in [0, 0.1) is 52.3 Å². The van der Waals surface area contributed by atoms with Gasteiger partial charge in [0.1, 0.15) is 31.0 Å². The van der Waals surface area contributed by atoms with E-state index in [0.29, 0.717) is 17.8 Å². The summed E-state index contributed by atoms with van der Waals surface area (Å²) in [6, 6.07) is 0. The lowest BCUT2D eigenvalue weighted by molar-refractivity contribution is -0.313. The fourth-order valence-corrected chi connectivity index (χ4v) is 14.4. The summed E-state index contributed by atoms with van der Waals surface area (Å²) < 4.78 is 18.1. The van der Waals surface area contributed by atoms with Crippen LogP contribution in [0.2, 0.25) is 0 Å². The Hall–Kier alpha value is -0.990. The maximum absolute atomic E-state index is 12.7. The van der Waals surface area contributed by atoms with E-state index in [1.54, 1.807) is 0 Å². The molecule has 0 aromatic rings. The zero-order valence-corrected chi connectivity index (χ0v) is 42.7. The van der Waals surface area contributed by atoms with Crippen molar-refractivity contribution >= 4 is 5.97 Å². The molecule has 3 saturated carbocycles. The van der Waals surface area contributed by atoms with Crippen LogP contribution in [-0.4, -0.2) is 64.7 Å². The Balaban J connectivity index is 0.959. The van der Waals surface area contributed by atoms with E-state index >= 15 is 0 Å². The summed E-state index contributed by atoms with van der Waals surface area (Å²) in [6.07, 6.45) is 34.8. The van der Waals surface area contributed by atoms with Crippen LogP contribution >= 0.6 is 0 Å².